The van der Waals surface area contributed by atoms with Gasteiger partial charge in [-0.15, -0.1) is 11.3 Å². The number of nitrogens with one attached hydrogen (secondary N) is 2. The van der Waals surface area contributed by atoms with Gasteiger partial charge in [0.25, 0.3) is 0 Å². The summed E-state index contributed by atoms with van der Waals surface area (Å²) in [5, 5.41) is 4.33. The van der Waals surface area contributed by atoms with Crippen molar-refractivity contribution in [2.24, 2.45) is 5.84 Å². The predicted octanol–water partition coefficient (Wildman–Crippen LogP) is 3.34. The van der Waals surface area contributed by atoms with E-state index in [-0.39, 0.29) is 0 Å². The second-order valence-electron chi connectivity index (χ2n) is 4.61. The largest absolute Gasteiger partial charge is 0.340 e. The lowest BCUT2D eigenvalue weighted by molar-refractivity contribution is 1.16. The topological polar surface area (TPSA) is 75.9 Å². The van der Waals surface area contributed by atoms with E-state index in [9.17, 15) is 0 Å². The number of hydrogen-bond acceptors (Lipinski definition) is 6. The van der Waals surface area contributed by atoms with Gasteiger partial charge in [-0.1, -0.05) is 17.7 Å². The number of hydrazine groups is 1. The van der Waals surface area contributed by atoms with Gasteiger partial charge in [-0.3, -0.25) is 5.43 Å². The maximum absolute atomic E-state index is 5.43. The summed E-state index contributed by atoms with van der Waals surface area (Å²) in [6, 6.07) is 10.2. The van der Waals surface area contributed by atoms with Gasteiger partial charge in [-0.05, 0) is 32.0 Å². The number of anilines is 3. The molecule has 102 valence electrons. The third-order valence-electron chi connectivity index (χ3n) is 2.96. The molecule has 0 aliphatic carbocycles. The maximum Gasteiger partial charge on any atom is 0.240 e. The third-order valence-corrected chi connectivity index (χ3v) is 3.90. The highest BCUT2D eigenvalue weighted by Gasteiger charge is 2.10. The van der Waals surface area contributed by atoms with Gasteiger partial charge in [0.2, 0.25) is 5.95 Å². The van der Waals surface area contributed by atoms with Crippen LogP contribution >= 0.6 is 11.3 Å². The van der Waals surface area contributed by atoms with Crippen molar-refractivity contribution in [3.05, 3.63) is 40.8 Å². The molecule has 0 unspecified atom stereocenters. The molecular weight excluding hydrogens is 270 g/mol. The third kappa shape index (κ3) is 2.43. The van der Waals surface area contributed by atoms with Crippen molar-refractivity contribution in [3.8, 4) is 0 Å². The Morgan fingerprint density at radius 3 is 2.55 bits per heavy atom. The highest BCUT2D eigenvalue weighted by molar-refractivity contribution is 7.18. The minimum Gasteiger partial charge on any atom is -0.340 e. The Labute approximate surface area is 120 Å². The standard InChI is InChI=1S/C14H15N5S/c1-8-3-5-10(6-4-8)16-12-11-7-9(2)20-13(11)18-14(17-12)19-15/h3-7H,15H2,1-2H3,(H2,16,17,18,19). The zero-order chi connectivity index (χ0) is 14.1. The van der Waals surface area contributed by atoms with Gasteiger partial charge in [-0.2, -0.15) is 4.98 Å². The Balaban J connectivity index is 2.06. The first-order chi connectivity index (χ1) is 9.65. The van der Waals surface area contributed by atoms with E-state index < -0.39 is 0 Å². The van der Waals surface area contributed by atoms with E-state index in [1.165, 1.54) is 10.4 Å². The fourth-order valence-corrected chi connectivity index (χ4v) is 2.85. The normalized spacial score (nSPS) is 10.8. The van der Waals surface area contributed by atoms with Gasteiger partial charge in [0.15, 0.2) is 0 Å². The lowest BCUT2D eigenvalue weighted by atomic mass is 10.2. The average Bonchev–Trinajstić information content (AvgIpc) is 2.81. The van der Waals surface area contributed by atoms with Crippen molar-refractivity contribution in [2.45, 2.75) is 13.8 Å². The van der Waals surface area contributed by atoms with Crippen LogP contribution in [-0.2, 0) is 0 Å². The quantitative estimate of drug-likeness (QED) is 0.508. The van der Waals surface area contributed by atoms with Crippen LogP contribution in [0.25, 0.3) is 10.2 Å². The maximum atomic E-state index is 5.43. The fraction of sp³-hybridized carbons (Fsp3) is 0.143. The van der Waals surface area contributed by atoms with Crippen molar-refractivity contribution in [3.63, 3.8) is 0 Å². The molecular formula is C14H15N5S. The zero-order valence-electron chi connectivity index (χ0n) is 11.3. The Hall–Kier alpha value is -2.18. The fourth-order valence-electron chi connectivity index (χ4n) is 1.98. The van der Waals surface area contributed by atoms with E-state index in [0.717, 1.165) is 21.7 Å². The Morgan fingerprint density at radius 2 is 1.85 bits per heavy atom. The molecule has 0 radical (unpaired) electrons. The van der Waals surface area contributed by atoms with Crippen molar-refractivity contribution < 1.29 is 0 Å². The SMILES string of the molecule is Cc1ccc(Nc2nc(NN)nc3sc(C)cc23)cc1. The molecule has 0 amide bonds. The molecule has 4 N–H and O–H groups in total. The molecule has 6 heteroatoms. The molecule has 2 heterocycles. The van der Waals surface area contributed by atoms with Crippen molar-refractivity contribution in [1.29, 1.82) is 0 Å². The van der Waals surface area contributed by atoms with Gasteiger partial charge in [0.1, 0.15) is 10.6 Å². The summed E-state index contributed by atoms with van der Waals surface area (Å²) in [6.45, 7) is 4.11. The molecule has 0 fully saturated rings. The van der Waals surface area contributed by atoms with Crippen LogP contribution in [0.5, 0.6) is 0 Å². The average molecular weight is 285 g/mol. The summed E-state index contributed by atoms with van der Waals surface area (Å²) in [5.74, 6) is 6.60. The second kappa shape index (κ2) is 5.07. The summed E-state index contributed by atoms with van der Waals surface area (Å²) in [5.41, 5.74) is 4.72. The van der Waals surface area contributed by atoms with E-state index in [4.69, 9.17) is 5.84 Å². The summed E-state index contributed by atoms with van der Waals surface area (Å²) in [6.07, 6.45) is 0. The van der Waals surface area contributed by atoms with Crippen molar-refractivity contribution in [2.75, 3.05) is 10.7 Å². The molecule has 0 saturated carbocycles. The number of nitrogens with zero attached hydrogens (tertiary/aromatic N) is 2. The van der Waals surface area contributed by atoms with E-state index in [0.29, 0.717) is 5.95 Å². The first-order valence-corrected chi connectivity index (χ1v) is 7.06. The number of benzene rings is 1. The Bertz CT molecular complexity index is 748. The molecule has 0 spiro atoms. The molecule has 0 aliphatic rings. The van der Waals surface area contributed by atoms with Crippen LogP contribution in [0, 0.1) is 13.8 Å². The van der Waals surface area contributed by atoms with Gasteiger partial charge >= 0.3 is 0 Å². The first kappa shape index (κ1) is 12.8. The number of thiophene rings is 1. The Kier molecular flexibility index (Phi) is 3.25. The molecule has 3 aromatic rings. The molecule has 0 saturated heterocycles. The summed E-state index contributed by atoms with van der Waals surface area (Å²) in [4.78, 5) is 10.9. The number of nitrogens with two attached hydrogens (primary N) is 1. The molecule has 20 heavy (non-hydrogen) atoms. The highest BCUT2D eigenvalue weighted by Crippen LogP contribution is 2.31. The molecule has 3 rings (SSSR count). The Morgan fingerprint density at radius 1 is 1.10 bits per heavy atom. The van der Waals surface area contributed by atoms with E-state index in [1.807, 2.05) is 12.1 Å². The molecule has 1 aromatic carbocycles. The van der Waals surface area contributed by atoms with Crippen LogP contribution in [0.1, 0.15) is 10.4 Å². The van der Waals surface area contributed by atoms with Crippen molar-refractivity contribution in [1.82, 2.24) is 9.97 Å². The number of hydrogen-bond donors (Lipinski definition) is 3. The zero-order valence-corrected chi connectivity index (χ0v) is 12.1. The van der Waals surface area contributed by atoms with Gasteiger partial charge in [0.05, 0.1) is 5.39 Å². The number of rotatable bonds is 3. The molecule has 0 bridgehead atoms. The summed E-state index contributed by atoms with van der Waals surface area (Å²) >= 11 is 1.62. The smallest absolute Gasteiger partial charge is 0.240 e. The first-order valence-electron chi connectivity index (χ1n) is 6.24. The number of nitrogen functional groups attached to an aromatic ring is 1. The van der Waals surface area contributed by atoms with Crippen LogP contribution in [-0.4, -0.2) is 9.97 Å². The minimum atomic E-state index is 0.411. The highest BCUT2D eigenvalue weighted by atomic mass is 32.1. The summed E-state index contributed by atoms with van der Waals surface area (Å²) in [7, 11) is 0. The van der Waals surface area contributed by atoms with E-state index in [1.54, 1.807) is 11.3 Å². The van der Waals surface area contributed by atoms with Crippen LogP contribution in [0.3, 0.4) is 0 Å². The predicted molar refractivity (Wildman–Crippen MR) is 84.4 cm³/mol. The van der Waals surface area contributed by atoms with Gasteiger partial charge < -0.3 is 5.32 Å². The molecule has 2 aromatic heterocycles. The van der Waals surface area contributed by atoms with Crippen LogP contribution in [0.2, 0.25) is 0 Å². The van der Waals surface area contributed by atoms with Crippen LogP contribution in [0.4, 0.5) is 17.5 Å². The molecule has 5 nitrogen and oxygen atoms in total. The number of aromatic nitrogens is 2. The monoisotopic (exact) mass is 285 g/mol. The number of fused-ring (bicyclic) bond motifs is 1. The molecule has 0 aliphatic heterocycles. The van der Waals surface area contributed by atoms with Crippen LogP contribution < -0.4 is 16.6 Å². The van der Waals surface area contributed by atoms with E-state index in [2.05, 4.69) is 52.8 Å². The molecule has 0 atom stereocenters. The summed E-state index contributed by atoms with van der Waals surface area (Å²) < 4.78 is 0. The van der Waals surface area contributed by atoms with Crippen molar-refractivity contribution >= 4 is 39.0 Å². The van der Waals surface area contributed by atoms with Crippen LogP contribution in [0.15, 0.2) is 30.3 Å². The lowest BCUT2D eigenvalue weighted by Crippen LogP contribution is -2.11. The van der Waals surface area contributed by atoms with Gasteiger partial charge in [0, 0.05) is 10.6 Å². The van der Waals surface area contributed by atoms with E-state index >= 15 is 0 Å². The second-order valence-corrected chi connectivity index (χ2v) is 5.84. The van der Waals surface area contributed by atoms with Gasteiger partial charge in [-0.25, -0.2) is 10.8 Å². The number of aryl methyl sites for hydroxylation is 2. The lowest BCUT2D eigenvalue weighted by Gasteiger charge is -2.08. The minimum absolute atomic E-state index is 0.411.